The van der Waals surface area contributed by atoms with Crippen LogP contribution in [0.5, 0.6) is 0 Å². The van der Waals surface area contributed by atoms with Gasteiger partial charge in [-0.2, -0.15) is 0 Å². The van der Waals surface area contributed by atoms with Gasteiger partial charge in [0.1, 0.15) is 6.26 Å². The number of nitrogens with one attached hydrogen (secondary N) is 1. The van der Waals surface area contributed by atoms with Crippen LogP contribution >= 0.6 is 0 Å². The number of oxazole rings is 1. The molecular weight excluding hydrogens is 104 g/mol. The molecule has 0 aliphatic heterocycles. The highest BCUT2D eigenvalue weighted by atomic mass is 16.3. The molecule has 0 atom stereocenters. The van der Waals surface area contributed by atoms with E-state index in [-0.39, 0.29) is 0 Å². The Labute approximate surface area is 47.7 Å². The third-order valence-electron chi connectivity index (χ3n) is 0.811. The average molecular weight is 112 g/mol. The van der Waals surface area contributed by atoms with Gasteiger partial charge in [-0.05, 0) is 7.05 Å². The summed E-state index contributed by atoms with van der Waals surface area (Å²) >= 11 is 0. The molecule has 1 N–H and O–H groups in total. The molecule has 0 saturated heterocycles. The van der Waals surface area contributed by atoms with Crippen molar-refractivity contribution < 1.29 is 4.42 Å². The minimum absolute atomic E-state index is 0.701. The molecule has 3 nitrogen and oxygen atoms in total. The van der Waals surface area contributed by atoms with Crippen molar-refractivity contribution in [1.29, 1.82) is 0 Å². The van der Waals surface area contributed by atoms with Crippen LogP contribution in [0.3, 0.4) is 0 Å². The maximum absolute atomic E-state index is 4.90. The van der Waals surface area contributed by atoms with Crippen LogP contribution in [0.1, 0.15) is 5.89 Å². The summed E-state index contributed by atoms with van der Waals surface area (Å²) in [6, 6.07) is 0. The fourth-order valence-corrected chi connectivity index (χ4v) is 0.491. The summed E-state index contributed by atoms with van der Waals surface area (Å²) < 4.78 is 4.90. The molecule has 0 aliphatic rings. The van der Waals surface area contributed by atoms with Crippen molar-refractivity contribution in [2.45, 2.75) is 6.54 Å². The van der Waals surface area contributed by atoms with E-state index in [1.165, 1.54) is 0 Å². The second-order valence-corrected chi connectivity index (χ2v) is 1.46. The van der Waals surface area contributed by atoms with E-state index in [2.05, 4.69) is 10.3 Å². The van der Waals surface area contributed by atoms with Crippen molar-refractivity contribution in [2.24, 2.45) is 0 Å². The average Bonchev–Trinajstić information content (AvgIpc) is 2.19. The minimum Gasteiger partial charge on any atom is -0.448 e. The molecule has 1 aromatic rings. The maximum atomic E-state index is 4.90. The Bertz CT molecular complexity index is 136. The number of hydrogen-bond acceptors (Lipinski definition) is 3. The van der Waals surface area contributed by atoms with Gasteiger partial charge in [-0.3, -0.25) is 0 Å². The number of rotatable bonds is 2. The first-order valence-corrected chi connectivity index (χ1v) is 2.46. The summed E-state index contributed by atoms with van der Waals surface area (Å²) in [4.78, 5) is 3.88. The first-order chi connectivity index (χ1) is 3.93. The topological polar surface area (TPSA) is 38.1 Å². The molecule has 0 aromatic carbocycles. The second kappa shape index (κ2) is 2.47. The lowest BCUT2D eigenvalue weighted by atomic mass is 10.6. The van der Waals surface area contributed by atoms with Crippen molar-refractivity contribution in [1.82, 2.24) is 10.3 Å². The van der Waals surface area contributed by atoms with Crippen molar-refractivity contribution in [3.05, 3.63) is 18.4 Å². The molecule has 0 unspecified atom stereocenters. The lowest BCUT2D eigenvalue weighted by Gasteiger charge is -1.87. The standard InChI is InChI=1S/C5H8N2O/c1-6-4-5-7-2-3-8-5/h2-3,6H,4H2,1H3. The maximum Gasteiger partial charge on any atom is 0.207 e. The molecule has 1 heterocycles. The van der Waals surface area contributed by atoms with Gasteiger partial charge < -0.3 is 9.73 Å². The van der Waals surface area contributed by atoms with Gasteiger partial charge >= 0.3 is 0 Å². The molecule has 0 spiro atoms. The Morgan fingerprint density at radius 2 is 2.75 bits per heavy atom. The summed E-state index contributed by atoms with van der Waals surface area (Å²) in [6.45, 7) is 0.701. The Balaban J connectivity index is 2.50. The predicted molar refractivity (Wildman–Crippen MR) is 29.3 cm³/mol. The fraction of sp³-hybridized carbons (Fsp3) is 0.400. The van der Waals surface area contributed by atoms with Gasteiger partial charge in [0.05, 0.1) is 12.7 Å². The van der Waals surface area contributed by atoms with E-state index in [0.717, 1.165) is 5.89 Å². The van der Waals surface area contributed by atoms with Crippen LogP contribution in [0.4, 0.5) is 0 Å². The summed E-state index contributed by atoms with van der Waals surface area (Å²) in [5.41, 5.74) is 0. The Morgan fingerprint density at radius 1 is 1.88 bits per heavy atom. The monoisotopic (exact) mass is 112 g/mol. The third kappa shape index (κ3) is 1.07. The molecule has 3 heteroatoms. The smallest absolute Gasteiger partial charge is 0.207 e. The zero-order valence-electron chi connectivity index (χ0n) is 4.72. The molecule has 8 heavy (non-hydrogen) atoms. The van der Waals surface area contributed by atoms with Gasteiger partial charge in [-0.1, -0.05) is 0 Å². The van der Waals surface area contributed by atoms with Crippen molar-refractivity contribution in [2.75, 3.05) is 7.05 Å². The third-order valence-corrected chi connectivity index (χ3v) is 0.811. The molecule has 0 amide bonds. The summed E-state index contributed by atoms with van der Waals surface area (Å²) in [7, 11) is 1.85. The molecule has 0 radical (unpaired) electrons. The Kier molecular flexibility index (Phi) is 1.64. The normalized spacial score (nSPS) is 9.62. The molecule has 0 fully saturated rings. The van der Waals surface area contributed by atoms with Crippen LogP contribution in [0.2, 0.25) is 0 Å². The summed E-state index contributed by atoms with van der Waals surface area (Å²) in [5.74, 6) is 0.729. The zero-order valence-corrected chi connectivity index (χ0v) is 4.72. The predicted octanol–water partition coefficient (Wildman–Crippen LogP) is 0.394. The van der Waals surface area contributed by atoms with Crippen LogP contribution < -0.4 is 5.32 Å². The second-order valence-electron chi connectivity index (χ2n) is 1.46. The quantitative estimate of drug-likeness (QED) is 0.601. The van der Waals surface area contributed by atoms with Crippen LogP contribution in [0, 0.1) is 0 Å². The highest BCUT2D eigenvalue weighted by Gasteiger charge is 1.89. The van der Waals surface area contributed by atoms with E-state index < -0.39 is 0 Å². The van der Waals surface area contributed by atoms with E-state index in [9.17, 15) is 0 Å². The fourth-order valence-electron chi connectivity index (χ4n) is 0.491. The van der Waals surface area contributed by atoms with Gasteiger partial charge in [0.15, 0.2) is 0 Å². The summed E-state index contributed by atoms with van der Waals surface area (Å²) in [6.07, 6.45) is 3.19. The van der Waals surface area contributed by atoms with Crippen molar-refractivity contribution in [3.8, 4) is 0 Å². The molecule has 1 aromatic heterocycles. The molecule has 0 saturated carbocycles. The van der Waals surface area contributed by atoms with Crippen LogP contribution in [0.25, 0.3) is 0 Å². The van der Waals surface area contributed by atoms with Gasteiger partial charge in [0.2, 0.25) is 5.89 Å². The van der Waals surface area contributed by atoms with E-state index in [1.807, 2.05) is 7.05 Å². The molecule has 44 valence electrons. The molecule has 1 rings (SSSR count). The number of hydrogen-bond donors (Lipinski definition) is 1. The van der Waals surface area contributed by atoms with E-state index in [1.54, 1.807) is 12.5 Å². The Morgan fingerprint density at radius 3 is 3.25 bits per heavy atom. The van der Waals surface area contributed by atoms with E-state index in [4.69, 9.17) is 4.42 Å². The van der Waals surface area contributed by atoms with Gasteiger partial charge in [-0.25, -0.2) is 4.98 Å². The lowest BCUT2D eigenvalue weighted by molar-refractivity contribution is 0.480. The van der Waals surface area contributed by atoms with Crippen LogP contribution in [0.15, 0.2) is 16.9 Å². The minimum atomic E-state index is 0.701. The van der Waals surface area contributed by atoms with Crippen molar-refractivity contribution in [3.63, 3.8) is 0 Å². The van der Waals surface area contributed by atoms with Crippen LogP contribution in [-0.4, -0.2) is 12.0 Å². The zero-order chi connectivity index (χ0) is 5.82. The molecule has 0 aliphatic carbocycles. The SMILES string of the molecule is CNCc1ncco1. The largest absolute Gasteiger partial charge is 0.448 e. The highest BCUT2D eigenvalue weighted by Crippen LogP contribution is 1.90. The first-order valence-electron chi connectivity index (χ1n) is 2.46. The Hall–Kier alpha value is -0.830. The summed E-state index contributed by atoms with van der Waals surface area (Å²) in [5, 5.41) is 2.91. The molecular formula is C5H8N2O. The number of aromatic nitrogens is 1. The highest BCUT2D eigenvalue weighted by molar-refractivity contribution is 4.77. The van der Waals surface area contributed by atoms with Crippen LogP contribution in [-0.2, 0) is 6.54 Å². The van der Waals surface area contributed by atoms with E-state index in [0.29, 0.717) is 6.54 Å². The van der Waals surface area contributed by atoms with Gasteiger partial charge in [0, 0.05) is 0 Å². The van der Waals surface area contributed by atoms with Gasteiger partial charge in [0.25, 0.3) is 0 Å². The van der Waals surface area contributed by atoms with Gasteiger partial charge in [-0.15, -0.1) is 0 Å². The van der Waals surface area contributed by atoms with Crippen molar-refractivity contribution >= 4 is 0 Å². The first kappa shape index (κ1) is 5.31. The van der Waals surface area contributed by atoms with E-state index >= 15 is 0 Å². The lowest BCUT2D eigenvalue weighted by Crippen LogP contribution is -2.04. The number of nitrogens with zero attached hydrogens (tertiary/aromatic N) is 1. The molecule has 0 bridgehead atoms.